The molecule has 0 amide bonds. The van der Waals surface area contributed by atoms with Crippen LogP contribution in [0, 0.1) is 0 Å². The van der Waals surface area contributed by atoms with Gasteiger partial charge in [-0.2, -0.15) is 0 Å². The molecule has 0 aliphatic heterocycles. The van der Waals surface area contributed by atoms with E-state index >= 15 is 0 Å². The summed E-state index contributed by atoms with van der Waals surface area (Å²) in [5.41, 5.74) is 5.85. The van der Waals surface area contributed by atoms with Gasteiger partial charge in [0.15, 0.2) is 0 Å². The Bertz CT molecular complexity index is 370. The normalized spacial score (nSPS) is 9.80. The minimum absolute atomic E-state index is 0. The second-order valence-corrected chi connectivity index (χ2v) is 7.00. The summed E-state index contributed by atoms with van der Waals surface area (Å²) in [7, 11) is 6.17. The van der Waals surface area contributed by atoms with Crippen LogP contribution in [0.5, 0.6) is 0 Å². The standard InChI is InChI=1S/C6H8N2O2S.2ClH.H3N.Pt/c7-5-1-3-6(4-2-5)11(8,9)10;;;;/h1-4H,7H2,(H2,8,9,10);2*1H;1H3;/q;;;;+2/p-2. The van der Waals surface area contributed by atoms with E-state index in [0.717, 1.165) is 0 Å². The fourth-order valence-corrected chi connectivity index (χ4v) is 1.17. The first-order valence-electron chi connectivity index (χ1n) is 3.12. The van der Waals surface area contributed by atoms with Crippen molar-refractivity contribution in [2.24, 2.45) is 5.14 Å². The van der Waals surface area contributed by atoms with Crippen LogP contribution in [0.1, 0.15) is 0 Å². The van der Waals surface area contributed by atoms with Gasteiger partial charge in [-0.15, -0.1) is 0 Å². The molecule has 0 heterocycles. The molecule has 0 bridgehead atoms. The van der Waals surface area contributed by atoms with E-state index in [9.17, 15) is 8.42 Å². The van der Waals surface area contributed by atoms with E-state index in [-0.39, 0.29) is 11.0 Å². The zero-order valence-electron chi connectivity index (χ0n) is 7.47. The fourth-order valence-electron chi connectivity index (χ4n) is 0.658. The Labute approximate surface area is 105 Å². The number of nitrogens with two attached hydrogens (primary N) is 2. The van der Waals surface area contributed by atoms with Gasteiger partial charge in [-0.1, -0.05) is 0 Å². The molecule has 0 radical (unpaired) electrons. The molecule has 7 N–H and O–H groups in total. The first-order valence-corrected chi connectivity index (χ1v) is 10.3. The maximum absolute atomic E-state index is 10.7. The van der Waals surface area contributed by atoms with E-state index < -0.39 is 26.5 Å². The zero-order valence-corrected chi connectivity index (χ0v) is 12.1. The summed E-state index contributed by atoms with van der Waals surface area (Å²) in [6.45, 7) is 0. The third kappa shape index (κ3) is 8.02. The summed E-state index contributed by atoms with van der Waals surface area (Å²) in [4.78, 5) is 0.0756. The molecule has 0 spiro atoms. The van der Waals surface area contributed by atoms with Crippen LogP contribution in [0.15, 0.2) is 29.2 Å². The Kier molecular flexibility index (Phi) is 9.74. The second kappa shape index (κ2) is 8.33. The van der Waals surface area contributed by atoms with E-state index in [1.807, 2.05) is 0 Å². The van der Waals surface area contributed by atoms with Gasteiger partial charge in [0.25, 0.3) is 0 Å². The van der Waals surface area contributed by atoms with Crippen molar-refractivity contribution < 1.29 is 24.9 Å². The molecular weight excluding hydrogens is 444 g/mol. The number of halogens is 2. The molecule has 0 saturated carbocycles. The molecule has 9 heteroatoms. The molecule has 0 aliphatic rings. The molecule has 1 aromatic rings. The molecular formula is C6H11Cl2N3O2PtS. The summed E-state index contributed by atoms with van der Waals surface area (Å²) in [6.07, 6.45) is 0. The van der Waals surface area contributed by atoms with Crippen LogP contribution in [0.25, 0.3) is 0 Å². The van der Waals surface area contributed by atoms with Gasteiger partial charge >= 0.3 is 35.3 Å². The predicted molar refractivity (Wildman–Crippen MR) is 59.0 cm³/mol. The monoisotopic (exact) mass is 454 g/mol. The molecule has 0 aliphatic carbocycles. The van der Waals surface area contributed by atoms with E-state index in [1.54, 1.807) is 0 Å². The molecule has 5 nitrogen and oxygen atoms in total. The molecule has 0 atom stereocenters. The van der Waals surface area contributed by atoms with Crippen LogP contribution in [-0.2, 0) is 26.5 Å². The fraction of sp³-hybridized carbons (Fsp3) is 0. The average Bonchev–Trinajstić information content (AvgIpc) is 2.04. The second-order valence-electron chi connectivity index (χ2n) is 2.16. The van der Waals surface area contributed by atoms with Crippen molar-refractivity contribution in [2.45, 2.75) is 4.90 Å². The van der Waals surface area contributed by atoms with Gasteiger partial charge in [-0.25, -0.2) is 13.6 Å². The first kappa shape index (κ1) is 17.5. The van der Waals surface area contributed by atoms with Gasteiger partial charge in [-0.3, -0.25) is 0 Å². The molecule has 1 rings (SSSR count). The molecule has 0 aromatic heterocycles. The third-order valence-corrected chi connectivity index (χ3v) is 2.14. The summed E-state index contributed by atoms with van der Waals surface area (Å²) in [5.74, 6) is 0. The SMILES string of the molecule is N.Nc1ccc(S(N)(=O)=O)cc1.[Cl][Pt][Cl]. The van der Waals surface area contributed by atoms with Crippen LogP contribution in [0.3, 0.4) is 0 Å². The zero-order chi connectivity index (χ0) is 11.2. The van der Waals surface area contributed by atoms with Crippen molar-refractivity contribution in [1.82, 2.24) is 6.15 Å². The molecule has 0 fully saturated rings. The number of hydrogen-bond donors (Lipinski definition) is 3. The summed E-state index contributed by atoms with van der Waals surface area (Å²) in [6, 6.07) is 5.70. The number of sulfonamides is 1. The van der Waals surface area contributed by atoms with Gasteiger partial charge in [0.05, 0.1) is 4.90 Å². The molecule has 1 aromatic carbocycles. The Morgan fingerprint density at radius 2 is 1.47 bits per heavy atom. The van der Waals surface area contributed by atoms with Gasteiger partial charge in [0, 0.05) is 5.69 Å². The first-order chi connectivity index (χ1) is 6.41. The van der Waals surface area contributed by atoms with Crippen LogP contribution in [0.4, 0.5) is 5.69 Å². The number of benzene rings is 1. The predicted octanol–water partition coefficient (Wildman–Crippen LogP) is 1.45. The van der Waals surface area contributed by atoms with Crippen molar-refractivity contribution in [3.8, 4) is 0 Å². The number of anilines is 1. The van der Waals surface area contributed by atoms with E-state index in [1.165, 1.54) is 24.3 Å². The Morgan fingerprint density at radius 1 is 1.13 bits per heavy atom. The Balaban J connectivity index is 0. The molecule has 0 saturated heterocycles. The topological polar surface area (TPSA) is 121 Å². The molecule has 15 heavy (non-hydrogen) atoms. The Hall–Kier alpha value is 0.158. The molecule has 0 unspecified atom stereocenters. The van der Waals surface area contributed by atoms with Crippen LogP contribution < -0.4 is 17.0 Å². The van der Waals surface area contributed by atoms with Crippen LogP contribution in [-0.4, -0.2) is 8.42 Å². The summed E-state index contributed by atoms with van der Waals surface area (Å²) in [5, 5.41) is 4.84. The average molecular weight is 455 g/mol. The van der Waals surface area contributed by atoms with E-state index in [0.29, 0.717) is 5.69 Å². The van der Waals surface area contributed by atoms with Gasteiger partial charge in [-0.05, 0) is 24.3 Å². The Morgan fingerprint density at radius 3 is 1.73 bits per heavy atom. The number of nitrogen functional groups attached to an aromatic ring is 1. The van der Waals surface area contributed by atoms with E-state index in [4.69, 9.17) is 29.7 Å². The van der Waals surface area contributed by atoms with Crippen molar-refractivity contribution in [1.29, 1.82) is 0 Å². The quantitative estimate of drug-likeness (QED) is 0.556. The van der Waals surface area contributed by atoms with Crippen molar-refractivity contribution >= 4 is 34.5 Å². The summed E-state index contributed by atoms with van der Waals surface area (Å²) < 4.78 is 21.4. The van der Waals surface area contributed by atoms with Gasteiger partial charge < -0.3 is 11.9 Å². The number of rotatable bonds is 1. The van der Waals surface area contributed by atoms with Crippen LogP contribution in [0.2, 0.25) is 0 Å². The minimum atomic E-state index is -3.58. The maximum atomic E-state index is 10.7. The van der Waals surface area contributed by atoms with Crippen molar-refractivity contribution in [2.75, 3.05) is 5.73 Å². The number of hydrogen-bond acceptors (Lipinski definition) is 4. The van der Waals surface area contributed by atoms with Crippen molar-refractivity contribution in [3.63, 3.8) is 0 Å². The number of primary sulfonamides is 1. The van der Waals surface area contributed by atoms with E-state index in [2.05, 4.69) is 0 Å². The van der Waals surface area contributed by atoms with Gasteiger partial charge in [0.2, 0.25) is 10.0 Å². The summed E-state index contributed by atoms with van der Waals surface area (Å²) >= 11 is -0.472. The third-order valence-electron chi connectivity index (χ3n) is 1.21. The molecule has 92 valence electrons. The van der Waals surface area contributed by atoms with Crippen molar-refractivity contribution in [3.05, 3.63) is 24.3 Å². The van der Waals surface area contributed by atoms with Crippen LogP contribution >= 0.6 is 18.8 Å². The van der Waals surface area contributed by atoms with Gasteiger partial charge in [0.1, 0.15) is 0 Å².